The highest BCUT2D eigenvalue weighted by molar-refractivity contribution is 6.00. The summed E-state index contributed by atoms with van der Waals surface area (Å²) in [7, 11) is 0. The lowest BCUT2D eigenvalue weighted by atomic mass is 10.1. The summed E-state index contributed by atoms with van der Waals surface area (Å²) in [5, 5.41) is 9.18. The van der Waals surface area contributed by atoms with Crippen molar-refractivity contribution < 1.29 is 14.3 Å². The summed E-state index contributed by atoms with van der Waals surface area (Å²) in [5.41, 5.74) is 3.99. The number of hydrogen-bond acceptors (Lipinski definition) is 4. The van der Waals surface area contributed by atoms with Crippen LogP contribution >= 0.6 is 0 Å². The van der Waals surface area contributed by atoms with E-state index in [1.165, 1.54) is 0 Å². The van der Waals surface area contributed by atoms with Crippen LogP contribution in [0.3, 0.4) is 0 Å². The number of nitrogens with one attached hydrogen (secondary N) is 3. The molecule has 1 unspecified atom stereocenters. The maximum atomic E-state index is 13.0. The van der Waals surface area contributed by atoms with E-state index in [-0.39, 0.29) is 24.5 Å². The van der Waals surface area contributed by atoms with Crippen LogP contribution in [-0.2, 0) is 11.3 Å². The Bertz CT molecular complexity index is 1070. The van der Waals surface area contributed by atoms with E-state index in [4.69, 9.17) is 4.74 Å². The van der Waals surface area contributed by atoms with E-state index in [2.05, 4.69) is 16.0 Å². The van der Waals surface area contributed by atoms with Crippen molar-refractivity contribution in [3.05, 3.63) is 89.5 Å². The number of para-hydroxylation sites is 1. The van der Waals surface area contributed by atoms with Gasteiger partial charge in [0.1, 0.15) is 5.75 Å². The standard InChI is InChI=1S/C24H23N3O3/c1-16(18-11-12-22-21(13-18)27-23(28)15-30-22)26-24(29)19-9-5-6-10-20(19)25-14-17-7-3-2-4-8-17/h2-13,16,25H,14-15H2,1H3,(H,26,29)(H,27,28). The zero-order valence-corrected chi connectivity index (χ0v) is 16.6. The summed E-state index contributed by atoms with van der Waals surface area (Å²) in [6.07, 6.45) is 0. The van der Waals surface area contributed by atoms with Crippen molar-refractivity contribution in [1.29, 1.82) is 0 Å². The van der Waals surface area contributed by atoms with Crippen molar-refractivity contribution in [2.75, 3.05) is 17.2 Å². The van der Waals surface area contributed by atoms with E-state index in [0.29, 0.717) is 23.5 Å². The molecule has 3 aromatic rings. The molecule has 0 saturated carbocycles. The van der Waals surface area contributed by atoms with Gasteiger partial charge in [-0.3, -0.25) is 9.59 Å². The summed E-state index contributed by atoms with van der Waals surface area (Å²) in [4.78, 5) is 24.5. The van der Waals surface area contributed by atoms with E-state index in [1.807, 2.05) is 73.7 Å². The first-order chi connectivity index (χ1) is 14.6. The lowest BCUT2D eigenvalue weighted by molar-refractivity contribution is -0.118. The molecule has 3 aromatic carbocycles. The van der Waals surface area contributed by atoms with Gasteiger partial charge < -0.3 is 20.7 Å². The summed E-state index contributed by atoms with van der Waals surface area (Å²) in [6.45, 7) is 2.56. The fourth-order valence-electron chi connectivity index (χ4n) is 3.36. The third-order valence-corrected chi connectivity index (χ3v) is 4.98. The smallest absolute Gasteiger partial charge is 0.262 e. The number of anilines is 2. The van der Waals surface area contributed by atoms with Crippen LogP contribution in [0.5, 0.6) is 5.75 Å². The van der Waals surface area contributed by atoms with Gasteiger partial charge in [0.05, 0.1) is 17.3 Å². The van der Waals surface area contributed by atoms with Crippen LogP contribution in [-0.4, -0.2) is 18.4 Å². The van der Waals surface area contributed by atoms with Gasteiger partial charge in [-0.15, -0.1) is 0 Å². The Kier molecular flexibility index (Phi) is 5.66. The summed E-state index contributed by atoms with van der Waals surface area (Å²) < 4.78 is 5.39. The number of rotatable bonds is 6. The van der Waals surface area contributed by atoms with Crippen molar-refractivity contribution in [3.63, 3.8) is 0 Å². The summed E-state index contributed by atoms with van der Waals surface area (Å²) in [5.74, 6) is 0.277. The second kappa shape index (κ2) is 8.69. The third kappa shape index (κ3) is 4.43. The van der Waals surface area contributed by atoms with Crippen LogP contribution in [0.25, 0.3) is 0 Å². The molecule has 0 radical (unpaired) electrons. The first-order valence-electron chi connectivity index (χ1n) is 9.84. The molecule has 4 rings (SSSR count). The highest BCUT2D eigenvalue weighted by atomic mass is 16.5. The van der Waals surface area contributed by atoms with Crippen LogP contribution in [0, 0.1) is 0 Å². The average molecular weight is 401 g/mol. The van der Waals surface area contributed by atoms with E-state index in [1.54, 1.807) is 6.07 Å². The Morgan fingerprint density at radius 2 is 1.83 bits per heavy atom. The minimum absolute atomic E-state index is 0.0192. The number of amides is 2. The fourth-order valence-corrected chi connectivity index (χ4v) is 3.36. The molecule has 3 N–H and O–H groups in total. The van der Waals surface area contributed by atoms with Gasteiger partial charge in [0.25, 0.3) is 11.8 Å². The van der Waals surface area contributed by atoms with E-state index in [9.17, 15) is 9.59 Å². The van der Waals surface area contributed by atoms with Gasteiger partial charge in [-0.2, -0.15) is 0 Å². The van der Waals surface area contributed by atoms with Crippen LogP contribution in [0.1, 0.15) is 34.5 Å². The van der Waals surface area contributed by atoms with Crippen LogP contribution in [0.2, 0.25) is 0 Å². The molecule has 1 aliphatic heterocycles. The molecule has 0 spiro atoms. The molecule has 0 aliphatic carbocycles. The van der Waals surface area contributed by atoms with Gasteiger partial charge >= 0.3 is 0 Å². The highest BCUT2D eigenvalue weighted by Crippen LogP contribution is 2.30. The number of ether oxygens (including phenoxy) is 1. The van der Waals surface area contributed by atoms with Crippen molar-refractivity contribution in [2.45, 2.75) is 19.5 Å². The SMILES string of the molecule is CC(NC(=O)c1ccccc1NCc1ccccc1)c1ccc2c(c1)NC(=O)CO2. The van der Waals surface area contributed by atoms with Crippen LogP contribution in [0.15, 0.2) is 72.8 Å². The predicted molar refractivity (Wildman–Crippen MR) is 117 cm³/mol. The molecular weight excluding hydrogens is 378 g/mol. The van der Waals surface area contributed by atoms with Gasteiger partial charge in [-0.05, 0) is 42.3 Å². The maximum absolute atomic E-state index is 13.0. The molecule has 1 heterocycles. The molecule has 6 heteroatoms. The fraction of sp³-hybridized carbons (Fsp3) is 0.167. The molecule has 1 aliphatic rings. The van der Waals surface area contributed by atoms with Gasteiger partial charge in [-0.25, -0.2) is 0 Å². The monoisotopic (exact) mass is 401 g/mol. The molecule has 0 fully saturated rings. The second-order valence-electron chi connectivity index (χ2n) is 7.17. The first-order valence-corrected chi connectivity index (χ1v) is 9.84. The van der Waals surface area contributed by atoms with Crippen molar-refractivity contribution in [3.8, 4) is 5.75 Å². The van der Waals surface area contributed by atoms with Crippen LogP contribution in [0.4, 0.5) is 11.4 Å². The van der Waals surface area contributed by atoms with Crippen molar-refractivity contribution in [2.24, 2.45) is 0 Å². The van der Waals surface area contributed by atoms with Crippen molar-refractivity contribution >= 4 is 23.2 Å². The zero-order valence-electron chi connectivity index (χ0n) is 16.6. The van der Waals surface area contributed by atoms with Crippen molar-refractivity contribution in [1.82, 2.24) is 5.32 Å². The Hall–Kier alpha value is -3.80. The third-order valence-electron chi connectivity index (χ3n) is 4.98. The molecule has 152 valence electrons. The number of carbonyl (C=O) groups is 2. The number of hydrogen-bond donors (Lipinski definition) is 3. The first kappa shape index (κ1) is 19.5. The van der Waals surface area contributed by atoms with Gasteiger partial charge in [-0.1, -0.05) is 48.5 Å². The number of carbonyl (C=O) groups excluding carboxylic acids is 2. The quantitative estimate of drug-likeness (QED) is 0.581. The van der Waals surface area contributed by atoms with Crippen LogP contribution < -0.4 is 20.7 Å². The Balaban J connectivity index is 1.46. The number of fused-ring (bicyclic) bond motifs is 1. The van der Waals surface area contributed by atoms with E-state index < -0.39 is 0 Å². The summed E-state index contributed by atoms with van der Waals surface area (Å²) >= 11 is 0. The second-order valence-corrected chi connectivity index (χ2v) is 7.17. The molecular formula is C24H23N3O3. The normalized spacial score (nSPS) is 13.4. The maximum Gasteiger partial charge on any atom is 0.262 e. The molecule has 30 heavy (non-hydrogen) atoms. The van der Waals surface area contributed by atoms with E-state index in [0.717, 1.165) is 16.8 Å². The predicted octanol–water partition coefficient (Wildman–Crippen LogP) is 4.12. The number of benzene rings is 3. The molecule has 0 saturated heterocycles. The molecule has 6 nitrogen and oxygen atoms in total. The lowest BCUT2D eigenvalue weighted by Gasteiger charge is -2.21. The Morgan fingerprint density at radius 3 is 2.67 bits per heavy atom. The zero-order chi connectivity index (χ0) is 20.9. The topological polar surface area (TPSA) is 79.5 Å². The highest BCUT2D eigenvalue weighted by Gasteiger charge is 2.19. The van der Waals surface area contributed by atoms with Gasteiger partial charge in [0.2, 0.25) is 0 Å². The van der Waals surface area contributed by atoms with E-state index >= 15 is 0 Å². The Morgan fingerprint density at radius 1 is 1.07 bits per heavy atom. The molecule has 0 bridgehead atoms. The molecule has 1 atom stereocenters. The van der Waals surface area contributed by atoms with Gasteiger partial charge in [0.15, 0.2) is 6.61 Å². The minimum atomic E-state index is -0.246. The summed E-state index contributed by atoms with van der Waals surface area (Å²) in [6, 6.07) is 22.8. The molecule has 0 aromatic heterocycles. The lowest BCUT2D eigenvalue weighted by Crippen LogP contribution is -2.28. The molecule has 2 amide bonds. The Labute approximate surface area is 175 Å². The van der Waals surface area contributed by atoms with Gasteiger partial charge in [0, 0.05) is 12.2 Å². The average Bonchev–Trinajstić information content (AvgIpc) is 2.78. The largest absolute Gasteiger partial charge is 0.482 e. The minimum Gasteiger partial charge on any atom is -0.482 e.